The van der Waals surface area contributed by atoms with Crippen LogP contribution < -0.4 is 4.74 Å². The number of alkyl halides is 4. The third-order valence-corrected chi connectivity index (χ3v) is 4.73. The summed E-state index contributed by atoms with van der Waals surface area (Å²) in [5.74, 6) is -5.94. The second-order valence-electron chi connectivity index (χ2n) is 7.37. The van der Waals surface area contributed by atoms with Gasteiger partial charge in [0.2, 0.25) is 0 Å². The first-order valence-corrected chi connectivity index (χ1v) is 9.77. The number of hydrogen-bond donors (Lipinski definition) is 2. The molecule has 6 nitrogen and oxygen atoms in total. The predicted octanol–water partition coefficient (Wildman–Crippen LogP) is 3.89. The normalized spacial score (nSPS) is 14.0. The van der Waals surface area contributed by atoms with E-state index in [9.17, 15) is 36.6 Å². The van der Waals surface area contributed by atoms with Gasteiger partial charge in [-0.2, -0.15) is 13.9 Å². The lowest BCUT2D eigenvalue weighted by atomic mass is 9.94. The molecule has 0 saturated carbocycles. The maximum absolute atomic E-state index is 14.1. The number of halogens is 6. The van der Waals surface area contributed by atoms with Crippen molar-refractivity contribution in [3.8, 4) is 5.75 Å². The minimum absolute atomic E-state index is 0.0174. The Morgan fingerprint density at radius 3 is 2.38 bits per heavy atom. The first-order valence-electron chi connectivity index (χ1n) is 9.77. The number of rotatable bonds is 10. The van der Waals surface area contributed by atoms with Crippen molar-refractivity contribution in [1.82, 2.24) is 14.8 Å². The number of nitrogens with zero attached hydrogens (tertiary/aromatic N) is 3. The molecule has 12 heteroatoms. The zero-order chi connectivity index (χ0) is 24.9. The van der Waals surface area contributed by atoms with Crippen molar-refractivity contribution >= 4 is 12.2 Å². The van der Waals surface area contributed by atoms with Crippen molar-refractivity contribution < 1.29 is 41.3 Å². The summed E-state index contributed by atoms with van der Waals surface area (Å²) in [6.07, 6.45) is 0.454. The number of aromatic nitrogens is 3. The van der Waals surface area contributed by atoms with E-state index in [1.54, 1.807) is 6.08 Å². The molecule has 1 heterocycles. The summed E-state index contributed by atoms with van der Waals surface area (Å²) in [5, 5.41) is 24.4. The lowest BCUT2D eigenvalue weighted by molar-refractivity contribution is -0.148. The highest BCUT2D eigenvalue weighted by Gasteiger charge is 2.41. The van der Waals surface area contributed by atoms with Crippen LogP contribution >= 0.6 is 0 Å². The first kappa shape index (κ1) is 25.2. The minimum atomic E-state index is -4.26. The topological polar surface area (TPSA) is 80.4 Å². The Kier molecular flexibility index (Phi) is 7.62. The standard InChI is InChI=1S/C22H19F6N3O3/c23-15-4-7-17(18(24)9-15)21(33,11-32)10-31-13-29-19(30-31)8-3-14-1-5-16(6-2-14)34-12-22(27,28)20(25)26/h1-9,13,20,32-33H,10-12H2/b8-3+. The minimum Gasteiger partial charge on any atom is -0.487 e. The SMILES string of the molecule is OCC(O)(Cn1cnc(/C=C/c2ccc(OCC(F)(F)C(F)F)cc2)n1)c1ccc(F)cc1F. The molecule has 0 radical (unpaired) electrons. The molecular formula is C22H19F6N3O3. The average Bonchev–Trinajstić information content (AvgIpc) is 3.23. The third-order valence-electron chi connectivity index (χ3n) is 4.73. The van der Waals surface area contributed by atoms with Crippen LogP contribution in [0.3, 0.4) is 0 Å². The van der Waals surface area contributed by atoms with E-state index in [0.717, 1.165) is 12.1 Å². The van der Waals surface area contributed by atoms with E-state index in [1.165, 1.54) is 41.4 Å². The molecular weight excluding hydrogens is 468 g/mol. The van der Waals surface area contributed by atoms with E-state index in [2.05, 4.69) is 14.8 Å². The number of ether oxygens (including phenoxy) is 1. The van der Waals surface area contributed by atoms with Crippen LogP contribution in [0.15, 0.2) is 48.8 Å². The summed E-state index contributed by atoms with van der Waals surface area (Å²) in [6.45, 7) is -2.69. The van der Waals surface area contributed by atoms with Gasteiger partial charge in [0.1, 0.15) is 29.3 Å². The van der Waals surface area contributed by atoms with Gasteiger partial charge in [-0.25, -0.2) is 27.2 Å². The molecule has 3 aromatic rings. The summed E-state index contributed by atoms with van der Waals surface area (Å²) in [6, 6.07) is 8.20. The van der Waals surface area contributed by atoms with Gasteiger partial charge in [0.15, 0.2) is 12.4 Å². The number of aliphatic hydroxyl groups excluding tert-OH is 1. The largest absolute Gasteiger partial charge is 0.487 e. The molecule has 0 bridgehead atoms. The van der Waals surface area contributed by atoms with Crippen molar-refractivity contribution in [2.75, 3.05) is 13.2 Å². The zero-order valence-electron chi connectivity index (χ0n) is 17.4. The van der Waals surface area contributed by atoms with Crippen molar-refractivity contribution in [3.05, 3.63) is 77.4 Å². The lowest BCUT2D eigenvalue weighted by Gasteiger charge is -2.26. The van der Waals surface area contributed by atoms with E-state index in [1.807, 2.05) is 0 Å². The number of benzene rings is 2. The summed E-state index contributed by atoms with van der Waals surface area (Å²) >= 11 is 0. The van der Waals surface area contributed by atoms with E-state index >= 15 is 0 Å². The van der Waals surface area contributed by atoms with Crippen LogP contribution in [0.4, 0.5) is 26.3 Å². The fraction of sp³-hybridized carbons (Fsp3) is 0.273. The molecule has 1 aromatic heterocycles. The van der Waals surface area contributed by atoms with E-state index in [4.69, 9.17) is 0 Å². The Morgan fingerprint density at radius 2 is 1.76 bits per heavy atom. The molecule has 0 aliphatic rings. The zero-order valence-corrected chi connectivity index (χ0v) is 17.4. The Balaban J connectivity index is 1.64. The Morgan fingerprint density at radius 1 is 1.06 bits per heavy atom. The fourth-order valence-electron chi connectivity index (χ4n) is 2.91. The van der Waals surface area contributed by atoms with Gasteiger partial charge in [0.25, 0.3) is 0 Å². The molecule has 182 valence electrons. The molecule has 1 unspecified atom stereocenters. The van der Waals surface area contributed by atoms with Crippen LogP contribution in [-0.2, 0) is 12.1 Å². The monoisotopic (exact) mass is 487 g/mol. The fourth-order valence-corrected chi connectivity index (χ4v) is 2.91. The highest BCUT2D eigenvalue weighted by atomic mass is 19.3. The highest BCUT2D eigenvalue weighted by Crippen LogP contribution is 2.27. The maximum atomic E-state index is 14.1. The Hall–Kier alpha value is -3.38. The summed E-state index contributed by atoms with van der Waals surface area (Å²) in [5.41, 5.74) is -1.80. The molecule has 0 saturated heterocycles. The molecule has 1 atom stereocenters. The van der Waals surface area contributed by atoms with Crippen LogP contribution in [0, 0.1) is 11.6 Å². The lowest BCUT2D eigenvalue weighted by Crippen LogP contribution is -2.36. The van der Waals surface area contributed by atoms with Gasteiger partial charge in [-0.3, -0.25) is 0 Å². The smallest absolute Gasteiger partial charge is 0.340 e. The molecule has 0 spiro atoms. The van der Waals surface area contributed by atoms with Gasteiger partial charge in [-0.05, 0) is 29.8 Å². The quantitative estimate of drug-likeness (QED) is 0.425. The maximum Gasteiger partial charge on any atom is 0.340 e. The summed E-state index contributed by atoms with van der Waals surface area (Å²) < 4.78 is 83.2. The average molecular weight is 487 g/mol. The third kappa shape index (κ3) is 6.14. The second-order valence-corrected chi connectivity index (χ2v) is 7.37. The predicted molar refractivity (Wildman–Crippen MR) is 109 cm³/mol. The van der Waals surface area contributed by atoms with Gasteiger partial charge >= 0.3 is 12.3 Å². The summed E-state index contributed by atoms with van der Waals surface area (Å²) in [4.78, 5) is 4.01. The molecule has 2 N–H and O–H groups in total. The van der Waals surface area contributed by atoms with Crippen molar-refractivity contribution in [2.24, 2.45) is 0 Å². The second kappa shape index (κ2) is 10.3. The molecule has 34 heavy (non-hydrogen) atoms. The van der Waals surface area contributed by atoms with Crippen molar-refractivity contribution in [1.29, 1.82) is 0 Å². The van der Waals surface area contributed by atoms with Gasteiger partial charge in [-0.15, -0.1) is 0 Å². The molecule has 3 rings (SSSR count). The van der Waals surface area contributed by atoms with Gasteiger partial charge in [0.05, 0.1) is 13.2 Å². The number of hydrogen-bond acceptors (Lipinski definition) is 5. The van der Waals surface area contributed by atoms with Gasteiger partial charge < -0.3 is 14.9 Å². The van der Waals surface area contributed by atoms with E-state index < -0.39 is 42.8 Å². The van der Waals surface area contributed by atoms with Crippen molar-refractivity contribution in [2.45, 2.75) is 24.5 Å². The summed E-state index contributed by atoms with van der Waals surface area (Å²) in [7, 11) is 0. The van der Waals surface area contributed by atoms with Crippen LogP contribution in [-0.4, -0.2) is 50.5 Å². The molecule has 0 amide bonds. The molecule has 0 aliphatic heterocycles. The van der Waals surface area contributed by atoms with Gasteiger partial charge in [0, 0.05) is 11.6 Å². The van der Waals surface area contributed by atoms with E-state index in [-0.39, 0.29) is 23.7 Å². The molecule has 0 fully saturated rings. The Labute approximate surface area is 189 Å². The molecule has 2 aromatic carbocycles. The first-order chi connectivity index (χ1) is 16.0. The van der Waals surface area contributed by atoms with Crippen LogP contribution in [0.5, 0.6) is 5.75 Å². The van der Waals surface area contributed by atoms with Crippen LogP contribution in [0.1, 0.15) is 17.0 Å². The Bertz CT molecular complexity index is 1140. The van der Waals surface area contributed by atoms with Crippen LogP contribution in [0.25, 0.3) is 12.2 Å². The number of aliphatic hydroxyl groups is 2. The highest BCUT2D eigenvalue weighted by molar-refractivity contribution is 5.66. The molecule has 0 aliphatic carbocycles. The van der Waals surface area contributed by atoms with Crippen LogP contribution in [0.2, 0.25) is 0 Å². The van der Waals surface area contributed by atoms with E-state index in [0.29, 0.717) is 11.6 Å². The van der Waals surface area contributed by atoms with Gasteiger partial charge in [-0.1, -0.05) is 24.3 Å². The van der Waals surface area contributed by atoms with Crippen molar-refractivity contribution in [3.63, 3.8) is 0 Å².